The first-order valence-corrected chi connectivity index (χ1v) is 6.71. The van der Waals surface area contributed by atoms with Gasteiger partial charge in [0.05, 0.1) is 12.2 Å². The SMILES string of the molecule is Cc1noc(CNS(=O)(=O)c2cccc(F)c2N)n1. The lowest BCUT2D eigenvalue weighted by atomic mass is 10.3. The zero-order valence-electron chi connectivity index (χ0n) is 9.92. The number of hydrogen-bond donors (Lipinski definition) is 2. The normalized spacial score (nSPS) is 11.7. The molecule has 0 atom stereocenters. The Bertz CT molecular complexity index is 699. The monoisotopic (exact) mass is 286 g/mol. The Kier molecular flexibility index (Phi) is 3.49. The van der Waals surface area contributed by atoms with Crippen LogP contribution in [0.1, 0.15) is 11.7 Å². The molecule has 0 bridgehead atoms. The Morgan fingerprint density at radius 3 is 2.84 bits per heavy atom. The summed E-state index contributed by atoms with van der Waals surface area (Å²) in [5.41, 5.74) is 4.96. The van der Waals surface area contributed by atoms with Crippen molar-refractivity contribution in [3.8, 4) is 0 Å². The molecule has 0 saturated carbocycles. The van der Waals surface area contributed by atoms with Gasteiger partial charge in [-0.1, -0.05) is 11.2 Å². The third-order valence-corrected chi connectivity index (χ3v) is 3.74. The van der Waals surface area contributed by atoms with Crippen LogP contribution in [0.3, 0.4) is 0 Å². The molecule has 0 spiro atoms. The highest BCUT2D eigenvalue weighted by atomic mass is 32.2. The van der Waals surface area contributed by atoms with Crippen molar-refractivity contribution in [3.63, 3.8) is 0 Å². The average Bonchev–Trinajstić information content (AvgIpc) is 2.76. The molecular formula is C10H11FN4O3S. The van der Waals surface area contributed by atoms with Gasteiger partial charge in [-0.2, -0.15) is 4.98 Å². The quantitative estimate of drug-likeness (QED) is 0.795. The zero-order valence-corrected chi connectivity index (χ0v) is 10.7. The summed E-state index contributed by atoms with van der Waals surface area (Å²) in [4.78, 5) is 3.51. The van der Waals surface area contributed by atoms with Crippen LogP contribution in [0.2, 0.25) is 0 Å². The van der Waals surface area contributed by atoms with Crippen LogP contribution >= 0.6 is 0 Å². The summed E-state index contributed by atoms with van der Waals surface area (Å²) in [7, 11) is -3.95. The summed E-state index contributed by atoms with van der Waals surface area (Å²) in [5.74, 6) is -0.299. The van der Waals surface area contributed by atoms with Crippen molar-refractivity contribution in [2.45, 2.75) is 18.4 Å². The van der Waals surface area contributed by atoms with Gasteiger partial charge in [-0.25, -0.2) is 17.5 Å². The highest BCUT2D eigenvalue weighted by molar-refractivity contribution is 7.89. The summed E-state index contributed by atoms with van der Waals surface area (Å²) in [6.45, 7) is 1.41. The smallest absolute Gasteiger partial charge is 0.243 e. The van der Waals surface area contributed by atoms with E-state index in [4.69, 9.17) is 10.3 Å². The van der Waals surface area contributed by atoms with E-state index in [1.165, 1.54) is 12.1 Å². The molecule has 0 aliphatic carbocycles. The Hall–Kier alpha value is -2.00. The molecule has 0 aliphatic rings. The van der Waals surface area contributed by atoms with Gasteiger partial charge in [0.1, 0.15) is 10.7 Å². The van der Waals surface area contributed by atoms with Gasteiger partial charge in [0.25, 0.3) is 0 Å². The van der Waals surface area contributed by atoms with Gasteiger partial charge in [0.2, 0.25) is 15.9 Å². The van der Waals surface area contributed by atoms with Crippen molar-refractivity contribution in [1.82, 2.24) is 14.9 Å². The summed E-state index contributed by atoms with van der Waals surface area (Å²) in [6.07, 6.45) is 0. The molecule has 1 heterocycles. The number of nitrogens with one attached hydrogen (secondary N) is 1. The zero-order chi connectivity index (χ0) is 14.0. The molecule has 0 unspecified atom stereocenters. The van der Waals surface area contributed by atoms with Gasteiger partial charge in [-0.15, -0.1) is 0 Å². The van der Waals surface area contributed by atoms with Gasteiger partial charge in [-0.3, -0.25) is 0 Å². The number of halogens is 1. The minimum absolute atomic E-state index is 0.107. The van der Waals surface area contributed by atoms with Crippen LogP contribution in [0.15, 0.2) is 27.6 Å². The molecule has 0 fully saturated rings. The number of rotatable bonds is 4. The van der Waals surface area contributed by atoms with E-state index in [0.29, 0.717) is 5.82 Å². The highest BCUT2D eigenvalue weighted by Gasteiger charge is 2.20. The Morgan fingerprint density at radius 1 is 1.47 bits per heavy atom. The van der Waals surface area contributed by atoms with Crippen molar-refractivity contribution in [2.24, 2.45) is 0 Å². The lowest BCUT2D eigenvalue weighted by molar-refractivity contribution is 0.372. The van der Waals surface area contributed by atoms with Gasteiger partial charge in [0.15, 0.2) is 5.82 Å². The minimum Gasteiger partial charge on any atom is -0.395 e. The van der Waals surface area contributed by atoms with E-state index in [1.54, 1.807) is 6.92 Å². The standard InChI is InChI=1S/C10H11FN4O3S/c1-6-14-9(18-15-6)5-13-19(16,17)8-4-2-3-7(11)10(8)12/h2-4,13H,5,12H2,1H3. The van der Waals surface area contributed by atoms with E-state index < -0.39 is 21.5 Å². The number of nitrogens with zero attached hydrogens (tertiary/aromatic N) is 2. The van der Waals surface area contributed by atoms with Crippen molar-refractivity contribution < 1.29 is 17.3 Å². The average molecular weight is 286 g/mol. The minimum atomic E-state index is -3.95. The molecule has 102 valence electrons. The van der Waals surface area contributed by atoms with Crippen molar-refractivity contribution in [3.05, 3.63) is 35.7 Å². The Labute approximate surface area is 108 Å². The van der Waals surface area contributed by atoms with E-state index in [1.807, 2.05) is 0 Å². The predicted molar refractivity (Wildman–Crippen MR) is 63.9 cm³/mol. The third kappa shape index (κ3) is 2.88. The molecule has 0 aliphatic heterocycles. The van der Waals surface area contributed by atoms with Gasteiger partial charge >= 0.3 is 0 Å². The lowest BCUT2D eigenvalue weighted by Crippen LogP contribution is -2.24. The van der Waals surface area contributed by atoms with Crippen molar-refractivity contribution >= 4 is 15.7 Å². The van der Waals surface area contributed by atoms with E-state index >= 15 is 0 Å². The van der Waals surface area contributed by atoms with E-state index in [-0.39, 0.29) is 17.3 Å². The maximum Gasteiger partial charge on any atom is 0.243 e. The number of hydrogen-bond acceptors (Lipinski definition) is 6. The van der Waals surface area contributed by atoms with Gasteiger partial charge < -0.3 is 10.3 Å². The number of aromatic nitrogens is 2. The topological polar surface area (TPSA) is 111 Å². The molecule has 1 aromatic heterocycles. The number of nitrogen functional groups attached to an aromatic ring is 1. The molecule has 9 heteroatoms. The second-order valence-corrected chi connectivity index (χ2v) is 5.45. The number of sulfonamides is 1. The number of para-hydroxylation sites is 1. The number of aryl methyl sites for hydroxylation is 1. The summed E-state index contributed by atoms with van der Waals surface area (Å²) >= 11 is 0. The molecular weight excluding hydrogens is 275 g/mol. The van der Waals surface area contributed by atoms with Crippen LogP contribution in [0.4, 0.5) is 10.1 Å². The number of nitrogens with two attached hydrogens (primary N) is 1. The fourth-order valence-corrected chi connectivity index (χ4v) is 2.51. The summed E-state index contributed by atoms with van der Waals surface area (Å²) < 4.78 is 44.1. The number of benzene rings is 1. The molecule has 3 N–H and O–H groups in total. The Morgan fingerprint density at radius 2 is 2.21 bits per heavy atom. The van der Waals surface area contributed by atoms with Crippen LogP contribution in [-0.4, -0.2) is 18.6 Å². The highest BCUT2D eigenvalue weighted by Crippen LogP contribution is 2.20. The fraction of sp³-hybridized carbons (Fsp3) is 0.200. The molecule has 0 amide bonds. The van der Waals surface area contributed by atoms with Crippen LogP contribution in [-0.2, 0) is 16.6 Å². The summed E-state index contributed by atoms with van der Waals surface area (Å²) in [5, 5.41) is 3.52. The van der Waals surface area contributed by atoms with Crippen LogP contribution in [0.25, 0.3) is 0 Å². The Balaban J connectivity index is 2.21. The lowest BCUT2D eigenvalue weighted by Gasteiger charge is -2.07. The van der Waals surface area contributed by atoms with Gasteiger partial charge in [-0.05, 0) is 19.1 Å². The largest absolute Gasteiger partial charge is 0.395 e. The second-order valence-electron chi connectivity index (χ2n) is 3.71. The van der Waals surface area contributed by atoms with Crippen LogP contribution in [0, 0.1) is 12.7 Å². The molecule has 0 saturated heterocycles. The van der Waals surface area contributed by atoms with E-state index in [2.05, 4.69) is 14.9 Å². The molecule has 2 rings (SSSR count). The van der Waals surface area contributed by atoms with E-state index in [0.717, 1.165) is 6.07 Å². The molecule has 19 heavy (non-hydrogen) atoms. The third-order valence-electron chi connectivity index (χ3n) is 2.29. The van der Waals surface area contributed by atoms with Gasteiger partial charge in [0, 0.05) is 0 Å². The van der Waals surface area contributed by atoms with Crippen molar-refractivity contribution in [2.75, 3.05) is 5.73 Å². The first-order chi connectivity index (χ1) is 8.90. The maximum atomic E-state index is 13.2. The fourth-order valence-electron chi connectivity index (χ4n) is 1.40. The number of anilines is 1. The summed E-state index contributed by atoms with van der Waals surface area (Å²) in [6, 6.07) is 3.55. The van der Waals surface area contributed by atoms with Crippen LogP contribution in [0.5, 0.6) is 0 Å². The predicted octanol–water partition coefficient (Wildman–Crippen LogP) is 0.578. The van der Waals surface area contributed by atoms with Crippen molar-refractivity contribution in [1.29, 1.82) is 0 Å². The molecule has 7 nitrogen and oxygen atoms in total. The first kappa shape index (κ1) is 13.4. The molecule has 2 aromatic rings. The van der Waals surface area contributed by atoms with E-state index in [9.17, 15) is 12.8 Å². The first-order valence-electron chi connectivity index (χ1n) is 5.23. The van der Waals surface area contributed by atoms with Crippen LogP contribution < -0.4 is 10.5 Å². The molecule has 1 aromatic carbocycles. The molecule has 0 radical (unpaired) electrons. The maximum absolute atomic E-state index is 13.2. The second kappa shape index (κ2) is 4.94.